The molecule has 4 aromatic rings. The zero-order chi connectivity index (χ0) is 21.6. The van der Waals surface area contributed by atoms with Crippen molar-refractivity contribution in [3.63, 3.8) is 0 Å². The van der Waals surface area contributed by atoms with Gasteiger partial charge in [-0.3, -0.25) is 4.79 Å². The minimum Gasteiger partial charge on any atom is -0.492 e. The molecule has 0 spiro atoms. The third-order valence-corrected chi connectivity index (χ3v) is 5.33. The van der Waals surface area contributed by atoms with Crippen molar-refractivity contribution in [3.8, 4) is 5.75 Å². The van der Waals surface area contributed by atoms with Crippen LogP contribution in [-0.2, 0) is 13.0 Å². The molecule has 0 aliphatic rings. The summed E-state index contributed by atoms with van der Waals surface area (Å²) >= 11 is 5.89. The maximum absolute atomic E-state index is 12.4. The molecule has 1 N–H and O–H groups in total. The number of para-hydroxylation sites is 2. The summed E-state index contributed by atoms with van der Waals surface area (Å²) in [6.45, 7) is 3.76. The first-order valence-corrected chi connectivity index (χ1v) is 10.7. The number of rotatable bonds is 8. The molecule has 0 bridgehead atoms. The van der Waals surface area contributed by atoms with E-state index in [0.29, 0.717) is 36.7 Å². The first-order valence-electron chi connectivity index (χ1n) is 10.3. The van der Waals surface area contributed by atoms with Crippen molar-refractivity contribution in [1.29, 1.82) is 0 Å². The molecule has 0 saturated heterocycles. The Hall–Kier alpha value is -3.31. The summed E-state index contributed by atoms with van der Waals surface area (Å²) in [5.41, 5.74) is 3.80. The Labute approximate surface area is 186 Å². The van der Waals surface area contributed by atoms with E-state index >= 15 is 0 Å². The van der Waals surface area contributed by atoms with Crippen molar-refractivity contribution in [2.75, 3.05) is 13.2 Å². The minimum atomic E-state index is -0.123. The normalized spacial score (nSPS) is 10.9. The van der Waals surface area contributed by atoms with Crippen LogP contribution >= 0.6 is 11.6 Å². The summed E-state index contributed by atoms with van der Waals surface area (Å²) in [6, 6.07) is 22.9. The molecule has 6 heteroatoms. The standard InChI is InChI=1S/C25H24ClN3O2/c1-18-6-12-21(13-7-18)31-17-16-29-23-5-3-2-4-22(23)28-24(29)14-15-27-25(30)19-8-10-20(26)11-9-19/h2-13H,14-17H2,1H3,(H,27,30). The SMILES string of the molecule is Cc1ccc(OCCn2c(CCNC(=O)c3ccc(Cl)cc3)nc3ccccc32)cc1. The van der Waals surface area contributed by atoms with Crippen LogP contribution in [0.3, 0.4) is 0 Å². The number of aromatic nitrogens is 2. The van der Waals surface area contributed by atoms with Crippen LogP contribution < -0.4 is 10.1 Å². The lowest BCUT2D eigenvalue weighted by molar-refractivity contribution is 0.0954. The fourth-order valence-electron chi connectivity index (χ4n) is 3.45. The van der Waals surface area contributed by atoms with E-state index in [1.54, 1.807) is 24.3 Å². The van der Waals surface area contributed by atoms with Gasteiger partial charge < -0.3 is 14.6 Å². The summed E-state index contributed by atoms with van der Waals surface area (Å²) in [6.07, 6.45) is 0.624. The number of carbonyl (C=O) groups is 1. The fraction of sp³-hybridized carbons (Fsp3) is 0.200. The second-order valence-corrected chi connectivity index (χ2v) is 7.78. The van der Waals surface area contributed by atoms with Gasteiger partial charge >= 0.3 is 0 Å². The maximum Gasteiger partial charge on any atom is 0.251 e. The average Bonchev–Trinajstić information content (AvgIpc) is 3.13. The fourth-order valence-corrected chi connectivity index (χ4v) is 3.57. The van der Waals surface area contributed by atoms with Gasteiger partial charge in [0.2, 0.25) is 0 Å². The van der Waals surface area contributed by atoms with Crippen LogP contribution in [0.4, 0.5) is 0 Å². The van der Waals surface area contributed by atoms with Gasteiger partial charge in [0.25, 0.3) is 5.91 Å². The van der Waals surface area contributed by atoms with Crippen LogP contribution in [0.5, 0.6) is 5.75 Å². The maximum atomic E-state index is 12.4. The van der Waals surface area contributed by atoms with Gasteiger partial charge in [-0.25, -0.2) is 4.98 Å². The lowest BCUT2D eigenvalue weighted by Crippen LogP contribution is -2.26. The number of ether oxygens (including phenoxy) is 1. The number of fused-ring (bicyclic) bond motifs is 1. The van der Waals surface area contributed by atoms with E-state index in [1.165, 1.54) is 5.56 Å². The molecule has 1 heterocycles. The van der Waals surface area contributed by atoms with Crippen LogP contribution in [-0.4, -0.2) is 28.6 Å². The Morgan fingerprint density at radius 1 is 1.03 bits per heavy atom. The molecule has 0 fully saturated rings. The van der Waals surface area contributed by atoms with Crippen LogP contribution in [0.2, 0.25) is 5.02 Å². The molecule has 0 radical (unpaired) electrons. The molecule has 1 aromatic heterocycles. The monoisotopic (exact) mass is 433 g/mol. The predicted molar refractivity (Wildman–Crippen MR) is 124 cm³/mol. The molecular formula is C25H24ClN3O2. The van der Waals surface area contributed by atoms with E-state index in [9.17, 15) is 4.79 Å². The highest BCUT2D eigenvalue weighted by molar-refractivity contribution is 6.30. The average molecular weight is 434 g/mol. The Morgan fingerprint density at radius 3 is 2.55 bits per heavy atom. The number of imidazole rings is 1. The van der Waals surface area contributed by atoms with E-state index in [0.717, 1.165) is 22.6 Å². The molecule has 3 aromatic carbocycles. The van der Waals surface area contributed by atoms with E-state index in [2.05, 4.69) is 22.9 Å². The van der Waals surface area contributed by atoms with Crippen molar-refractivity contribution in [3.05, 3.63) is 94.8 Å². The van der Waals surface area contributed by atoms with Crippen molar-refractivity contribution in [1.82, 2.24) is 14.9 Å². The third kappa shape index (κ3) is 5.25. The molecule has 4 rings (SSSR count). The topological polar surface area (TPSA) is 56.1 Å². The molecule has 158 valence electrons. The van der Waals surface area contributed by atoms with Crippen LogP contribution in [0.1, 0.15) is 21.7 Å². The van der Waals surface area contributed by atoms with Gasteiger partial charge in [0.05, 0.1) is 17.6 Å². The summed E-state index contributed by atoms with van der Waals surface area (Å²) in [7, 11) is 0. The van der Waals surface area contributed by atoms with Gasteiger partial charge in [0.1, 0.15) is 18.2 Å². The Morgan fingerprint density at radius 2 is 1.77 bits per heavy atom. The van der Waals surface area contributed by atoms with Gasteiger partial charge in [0, 0.05) is 23.6 Å². The molecule has 0 atom stereocenters. The highest BCUT2D eigenvalue weighted by atomic mass is 35.5. The summed E-state index contributed by atoms with van der Waals surface area (Å²) in [4.78, 5) is 17.1. The quantitative estimate of drug-likeness (QED) is 0.423. The van der Waals surface area contributed by atoms with Crippen molar-refractivity contribution in [2.24, 2.45) is 0 Å². The molecule has 0 aliphatic heterocycles. The second kappa shape index (κ2) is 9.67. The lowest BCUT2D eigenvalue weighted by Gasteiger charge is -2.11. The van der Waals surface area contributed by atoms with Crippen LogP contribution in [0.15, 0.2) is 72.8 Å². The molecule has 31 heavy (non-hydrogen) atoms. The number of benzene rings is 3. The summed E-state index contributed by atoms with van der Waals surface area (Å²) in [5.74, 6) is 1.65. The number of aryl methyl sites for hydroxylation is 1. The largest absolute Gasteiger partial charge is 0.492 e. The molecule has 0 aliphatic carbocycles. The number of hydrogen-bond donors (Lipinski definition) is 1. The van der Waals surface area contributed by atoms with E-state index < -0.39 is 0 Å². The highest BCUT2D eigenvalue weighted by Crippen LogP contribution is 2.17. The molecule has 0 saturated carbocycles. The summed E-state index contributed by atoms with van der Waals surface area (Å²) < 4.78 is 8.08. The van der Waals surface area contributed by atoms with Crippen LogP contribution in [0, 0.1) is 6.92 Å². The van der Waals surface area contributed by atoms with E-state index in [4.69, 9.17) is 21.3 Å². The Kier molecular flexibility index (Phi) is 6.53. The van der Waals surface area contributed by atoms with Crippen molar-refractivity contribution >= 4 is 28.5 Å². The number of amides is 1. The van der Waals surface area contributed by atoms with Crippen molar-refractivity contribution < 1.29 is 9.53 Å². The Balaban J connectivity index is 1.41. The Bertz CT molecular complexity index is 1170. The smallest absolute Gasteiger partial charge is 0.251 e. The zero-order valence-electron chi connectivity index (χ0n) is 17.3. The number of halogens is 1. The van der Waals surface area contributed by atoms with Gasteiger partial charge in [-0.05, 0) is 55.5 Å². The van der Waals surface area contributed by atoms with Gasteiger partial charge in [-0.1, -0.05) is 41.4 Å². The highest BCUT2D eigenvalue weighted by Gasteiger charge is 2.12. The number of hydrogen-bond acceptors (Lipinski definition) is 3. The molecule has 0 unspecified atom stereocenters. The van der Waals surface area contributed by atoms with E-state index in [1.807, 2.05) is 42.5 Å². The molecular weight excluding hydrogens is 410 g/mol. The minimum absolute atomic E-state index is 0.123. The summed E-state index contributed by atoms with van der Waals surface area (Å²) in [5, 5.41) is 3.57. The second-order valence-electron chi connectivity index (χ2n) is 7.34. The lowest BCUT2D eigenvalue weighted by atomic mass is 10.2. The van der Waals surface area contributed by atoms with E-state index in [-0.39, 0.29) is 5.91 Å². The number of nitrogens with one attached hydrogen (secondary N) is 1. The van der Waals surface area contributed by atoms with Gasteiger partial charge in [-0.15, -0.1) is 0 Å². The first kappa shape index (κ1) is 20.9. The zero-order valence-corrected chi connectivity index (χ0v) is 18.1. The van der Waals surface area contributed by atoms with Gasteiger partial charge in [-0.2, -0.15) is 0 Å². The number of carbonyl (C=O) groups excluding carboxylic acids is 1. The predicted octanol–water partition coefficient (Wildman–Crippen LogP) is 5.05. The van der Waals surface area contributed by atoms with Crippen LogP contribution in [0.25, 0.3) is 11.0 Å². The van der Waals surface area contributed by atoms with Gasteiger partial charge in [0.15, 0.2) is 0 Å². The first-order chi connectivity index (χ1) is 15.1. The molecule has 5 nitrogen and oxygen atoms in total. The van der Waals surface area contributed by atoms with Crippen molar-refractivity contribution in [2.45, 2.75) is 19.9 Å². The number of nitrogens with zero attached hydrogens (tertiary/aromatic N) is 2. The third-order valence-electron chi connectivity index (χ3n) is 5.08. The molecule has 1 amide bonds.